The molecule has 1 aromatic rings. The molecule has 0 saturated heterocycles. The van der Waals surface area contributed by atoms with Crippen molar-refractivity contribution in [2.75, 3.05) is 0 Å². The van der Waals surface area contributed by atoms with Crippen molar-refractivity contribution >= 4 is 27.4 Å². The number of hydrogen-bond acceptors (Lipinski definition) is 3. The molecule has 1 saturated carbocycles. The number of benzene rings is 1. The van der Waals surface area contributed by atoms with Gasteiger partial charge in [-0.2, -0.15) is 0 Å². The Morgan fingerprint density at radius 1 is 1.21 bits per heavy atom. The van der Waals surface area contributed by atoms with Gasteiger partial charge < -0.3 is 5.11 Å². The van der Waals surface area contributed by atoms with Gasteiger partial charge in [0.05, 0.1) is 4.90 Å². The van der Waals surface area contributed by atoms with Gasteiger partial charge in [-0.15, -0.1) is 0 Å². The molecule has 1 N–H and O–H groups in total. The van der Waals surface area contributed by atoms with E-state index in [1.165, 1.54) is 24.3 Å². The second-order valence-electron chi connectivity index (χ2n) is 5.77. The maximum absolute atomic E-state index is 12.6. The van der Waals surface area contributed by atoms with E-state index >= 15 is 0 Å². The molecule has 0 unspecified atom stereocenters. The highest BCUT2D eigenvalue weighted by atomic mass is 35.5. The Labute approximate surface area is 117 Å². The van der Waals surface area contributed by atoms with Crippen molar-refractivity contribution in [3.63, 3.8) is 0 Å². The van der Waals surface area contributed by atoms with Gasteiger partial charge in [-0.05, 0) is 42.5 Å². The highest BCUT2D eigenvalue weighted by Crippen LogP contribution is 2.54. The molecule has 104 valence electrons. The lowest BCUT2D eigenvalue weighted by Gasteiger charge is -2.49. The lowest BCUT2D eigenvalue weighted by molar-refractivity contribution is -0.146. The first-order chi connectivity index (χ1) is 8.61. The van der Waals surface area contributed by atoms with Crippen molar-refractivity contribution in [3.8, 4) is 0 Å². The summed E-state index contributed by atoms with van der Waals surface area (Å²) in [7, 11) is -3.91. The molecule has 4 nitrogen and oxygen atoms in total. The Hall–Kier alpha value is -1.07. The van der Waals surface area contributed by atoms with Crippen LogP contribution in [0.2, 0.25) is 5.02 Å². The van der Waals surface area contributed by atoms with E-state index in [1.807, 2.05) is 13.8 Å². The molecule has 1 aliphatic carbocycles. The van der Waals surface area contributed by atoms with Gasteiger partial charge in [0.15, 0.2) is 14.6 Å². The average molecular weight is 303 g/mol. The van der Waals surface area contributed by atoms with Crippen LogP contribution in [0, 0.1) is 5.41 Å². The molecule has 1 fully saturated rings. The molecule has 0 bridgehead atoms. The van der Waals surface area contributed by atoms with Gasteiger partial charge in [-0.1, -0.05) is 25.4 Å². The van der Waals surface area contributed by atoms with Crippen LogP contribution >= 0.6 is 11.6 Å². The van der Waals surface area contributed by atoms with Crippen molar-refractivity contribution in [1.82, 2.24) is 0 Å². The Kier molecular flexibility index (Phi) is 3.18. The standard InChI is InChI=1S/C13H15ClO4S/c1-12(2)7-13(8-12,11(15)16)19(17,18)10-5-3-9(14)4-6-10/h3-6H,7-8H2,1-2H3,(H,15,16). The first kappa shape index (κ1) is 14.3. The highest BCUT2D eigenvalue weighted by molar-refractivity contribution is 7.93. The smallest absolute Gasteiger partial charge is 0.325 e. The Morgan fingerprint density at radius 2 is 1.68 bits per heavy atom. The first-order valence-corrected chi connectivity index (χ1v) is 7.71. The zero-order valence-corrected chi connectivity index (χ0v) is 12.3. The van der Waals surface area contributed by atoms with Gasteiger partial charge in [0.2, 0.25) is 0 Å². The van der Waals surface area contributed by atoms with E-state index < -0.39 is 20.6 Å². The number of sulfone groups is 1. The van der Waals surface area contributed by atoms with Crippen LogP contribution in [0.5, 0.6) is 0 Å². The summed E-state index contributed by atoms with van der Waals surface area (Å²) >= 11 is 5.72. The monoisotopic (exact) mass is 302 g/mol. The van der Waals surface area contributed by atoms with Gasteiger partial charge in [-0.25, -0.2) is 8.42 Å². The minimum absolute atomic E-state index is 0.00907. The minimum Gasteiger partial charge on any atom is -0.480 e. The van der Waals surface area contributed by atoms with Gasteiger partial charge in [0.25, 0.3) is 0 Å². The summed E-state index contributed by atoms with van der Waals surface area (Å²) in [5.74, 6) is -1.28. The molecule has 0 atom stereocenters. The van der Waals surface area contributed by atoms with E-state index in [2.05, 4.69) is 0 Å². The van der Waals surface area contributed by atoms with Crippen molar-refractivity contribution in [2.45, 2.75) is 36.3 Å². The SMILES string of the molecule is CC1(C)CC(C(=O)O)(S(=O)(=O)c2ccc(Cl)cc2)C1. The summed E-state index contributed by atoms with van der Waals surface area (Å²) in [6.07, 6.45) is 0.251. The van der Waals surface area contributed by atoms with Crippen LogP contribution in [0.15, 0.2) is 29.2 Å². The summed E-state index contributed by atoms with van der Waals surface area (Å²) in [5, 5.41) is 9.78. The van der Waals surface area contributed by atoms with Gasteiger partial charge in [-0.3, -0.25) is 4.79 Å². The minimum atomic E-state index is -3.91. The quantitative estimate of drug-likeness (QED) is 0.932. The van der Waals surface area contributed by atoms with E-state index in [0.29, 0.717) is 5.02 Å². The molecule has 0 aliphatic heterocycles. The second-order valence-corrected chi connectivity index (χ2v) is 8.47. The Morgan fingerprint density at radius 3 is 2.05 bits per heavy atom. The molecule has 6 heteroatoms. The number of carbonyl (C=O) groups is 1. The highest BCUT2D eigenvalue weighted by Gasteiger charge is 2.63. The molecule has 1 aromatic carbocycles. The number of hydrogen-bond donors (Lipinski definition) is 1. The lowest BCUT2D eigenvalue weighted by Crippen LogP contribution is -2.59. The largest absolute Gasteiger partial charge is 0.480 e. The first-order valence-electron chi connectivity index (χ1n) is 5.84. The number of halogens is 1. The fraction of sp³-hybridized carbons (Fsp3) is 0.462. The molecule has 1 aliphatic rings. The van der Waals surface area contributed by atoms with Crippen molar-refractivity contribution in [1.29, 1.82) is 0 Å². The maximum Gasteiger partial charge on any atom is 0.325 e. The molecule has 0 spiro atoms. The number of carboxylic acids is 1. The van der Waals surface area contributed by atoms with Crippen molar-refractivity contribution < 1.29 is 18.3 Å². The van der Waals surface area contributed by atoms with Crippen LogP contribution in [-0.4, -0.2) is 24.2 Å². The van der Waals surface area contributed by atoms with E-state index in [0.717, 1.165) is 0 Å². The van der Waals surface area contributed by atoms with E-state index in [9.17, 15) is 18.3 Å². The fourth-order valence-corrected chi connectivity index (χ4v) is 5.25. The summed E-state index contributed by atoms with van der Waals surface area (Å²) < 4.78 is 23.4. The van der Waals surface area contributed by atoms with Crippen LogP contribution in [0.1, 0.15) is 26.7 Å². The summed E-state index contributed by atoms with van der Waals surface area (Å²) in [6, 6.07) is 5.61. The van der Waals surface area contributed by atoms with Crippen molar-refractivity contribution in [3.05, 3.63) is 29.3 Å². The van der Waals surface area contributed by atoms with Gasteiger partial charge >= 0.3 is 5.97 Å². The fourth-order valence-electron chi connectivity index (χ4n) is 2.79. The zero-order valence-electron chi connectivity index (χ0n) is 10.7. The summed E-state index contributed by atoms with van der Waals surface area (Å²) in [4.78, 5) is 11.5. The Bertz CT molecular complexity index is 609. The van der Waals surface area contributed by atoms with Crippen LogP contribution in [0.4, 0.5) is 0 Å². The van der Waals surface area contributed by atoms with Gasteiger partial charge in [0.1, 0.15) is 0 Å². The predicted molar refractivity (Wildman–Crippen MR) is 72.0 cm³/mol. The summed E-state index contributed by atoms with van der Waals surface area (Å²) in [5.41, 5.74) is -0.266. The molecule has 0 heterocycles. The molecular weight excluding hydrogens is 288 g/mol. The number of rotatable bonds is 3. The van der Waals surface area contributed by atoms with E-state index in [1.54, 1.807) is 0 Å². The third-order valence-corrected chi connectivity index (χ3v) is 6.19. The molecule has 2 rings (SSSR count). The molecular formula is C13H15ClO4S. The predicted octanol–water partition coefficient (Wildman–Crippen LogP) is 2.76. The van der Waals surface area contributed by atoms with Crippen molar-refractivity contribution in [2.24, 2.45) is 5.41 Å². The Balaban J connectivity index is 2.49. The lowest BCUT2D eigenvalue weighted by atomic mass is 9.64. The number of carboxylic acid groups (broad SMARTS) is 1. The number of aliphatic carboxylic acids is 1. The third kappa shape index (κ3) is 2.15. The second kappa shape index (κ2) is 4.21. The third-order valence-electron chi connectivity index (χ3n) is 3.56. The topological polar surface area (TPSA) is 71.4 Å². The maximum atomic E-state index is 12.6. The average Bonchev–Trinajstić information content (AvgIpc) is 2.25. The molecule has 19 heavy (non-hydrogen) atoms. The van der Waals surface area contributed by atoms with Crippen LogP contribution < -0.4 is 0 Å². The van der Waals surface area contributed by atoms with Crippen LogP contribution in [0.25, 0.3) is 0 Å². The molecule has 0 aromatic heterocycles. The summed E-state index contributed by atoms with van der Waals surface area (Å²) in [6.45, 7) is 3.73. The van der Waals surface area contributed by atoms with Crippen LogP contribution in [-0.2, 0) is 14.6 Å². The molecule has 0 amide bonds. The molecule has 0 radical (unpaired) electrons. The normalized spacial score (nSPS) is 20.6. The van der Waals surface area contributed by atoms with Crippen LogP contribution in [0.3, 0.4) is 0 Å². The van der Waals surface area contributed by atoms with E-state index in [4.69, 9.17) is 11.6 Å². The van der Waals surface area contributed by atoms with E-state index in [-0.39, 0.29) is 23.2 Å². The zero-order chi connectivity index (χ0) is 14.5. The van der Waals surface area contributed by atoms with Gasteiger partial charge in [0, 0.05) is 5.02 Å².